The zero-order valence-electron chi connectivity index (χ0n) is 13.3. The number of nitrogens with zero attached hydrogens (tertiary/aromatic N) is 3. The first kappa shape index (κ1) is 16.8. The van der Waals surface area contributed by atoms with Crippen LogP contribution in [0.5, 0.6) is 5.88 Å². The molecule has 0 unspecified atom stereocenters. The fraction of sp³-hybridized carbons (Fsp3) is 0.500. The molecule has 1 atom stereocenters. The summed E-state index contributed by atoms with van der Waals surface area (Å²) in [6.45, 7) is 0.555. The summed E-state index contributed by atoms with van der Waals surface area (Å²) in [7, 11) is 1.92. The van der Waals surface area contributed by atoms with E-state index in [2.05, 4.69) is 15.4 Å². The van der Waals surface area contributed by atoms with Gasteiger partial charge in [-0.15, -0.1) is 0 Å². The van der Waals surface area contributed by atoms with Crippen molar-refractivity contribution in [1.29, 1.82) is 0 Å². The van der Waals surface area contributed by atoms with E-state index < -0.39 is 11.7 Å². The lowest BCUT2D eigenvalue weighted by atomic mass is 9.93. The minimum atomic E-state index is -4.47. The summed E-state index contributed by atoms with van der Waals surface area (Å²) in [6, 6.07) is 2.38. The molecule has 0 saturated heterocycles. The first-order valence-corrected chi connectivity index (χ1v) is 7.86. The van der Waals surface area contributed by atoms with E-state index in [1.54, 1.807) is 0 Å². The molecule has 0 fully saturated rings. The Morgan fingerprint density at radius 1 is 1.42 bits per heavy atom. The molecular weight excluding hydrogens is 321 g/mol. The van der Waals surface area contributed by atoms with Gasteiger partial charge >= 0.3 is 6.18 Å². The van der Waals surface area contributed by atoms with Gasteiger partial charge in [-0.25, -0.2) is 4.98 Å². The fourth-order valence-corrected chi connectivity index (χ4v) is 3.02. The number of hydrogen-bond acceptors (Lipinski definition) is 4. The number of aromatic nitrogens is 3. The molecule has 8 heteroatoms. The maximum Gasteiger partial charge on any atom is 0.421 e. The molecule has 0 aliphatic heterocycles. The summed E-state index contributed by atoms with van der Waals surface area (Å²) in [4.78, 5) is 3.69. The Kier molecular flexibility index (Phi) is 4.75. The second kappa shape index (κ2) is 6.80. The largest absolute Gasteiger partial charge is 0.476 e. The first-order chi connectivity index (χ1) is 11.5. The normalized spacial score (nSPS) is 17.6. The highest BCUT2D eigenvalue weighted by atomic mass is 19.4. The lowest BCUT2D eigenvalue weighted by Gasteiger charge is -2.24. The Balaban J connectivity index is 1.56. The van der Waals surface area contributed by atoms with Crippen molar-refractivity contribution in [3.8, 4) is 5.88 Å². The topological polar surface area (TPSA) is 52.0 Å². The molecule has 0 saturated carbocycles. The van der Waals surface area contributed by atoms with E-state index in [1.807, 2.05) is 17.9 Å². The molecule has 0 spiro atoms. The molecule has 1 N–H and O–H groups in total. The van der Waals surface area contributed by atoms with Gasteiger partial charge in [0, 0.05) is 37.1 Å². The number of hydrogen-bond donors (Lipinski definition) is 1. The molecule has 0 aromatic carbocycles. The smallest absolute Gasteiger partial charge is 0.421 e. The van der Waals surface area contributed by atoms with Gasteiger partial charge in [-0.1, -0.05) is 0 Å². The maximum atomic E-state index is 12.9. The number of ether oxygens (including phenoxy) is 1. The van der Waals surface area contributed by atoms with E-state index in [4.69, 9.17) is 4.74 Å². The van der Waals surface area contributed by atoms with Crippen molar-refractivity contribution in [3.05, 3.63) is 41.3 Å². The first-order valence-electron chi connectivity index (χ1n) is 7.86. The molecule has 1 aliphatic rings. The molecule has 3 rings (SSSR count). The Morgan fingerprint density at radius 3 is 3.04 bits per heavy atom. The van der Waals surface area contributed by atoms with Gasteiger partial charge in [0.2, 0.25) is 5.88 Å². The molecule has 2 heterocycles. The van der Waals surface area contributed by atoms with Gasteiger partial charge in [-0.2, -0.15) is 18.3 Å². The van der Waals surface area contributed by atoms with Crippen LogP contribution in [0.25, 0.3) is 0 Å². The number of rotatable bonds is 5. The van der Waals surface area contributed by atoms with Gasteiger partial charge < -0.3 is 10.1 Å². The van der Waals surface area contributed by atoms with E-state index >= 15 is 0 Å². The van der Waals surface area contributed by atoms with Crippen LogP contribution < -0.4 is 10.1 Å². The van der Waals surface area contributed by atoms with Crippen molar-refractivity contribution in [2.75, 3.05) is 13.2 Å². The van der Waals surface area contributed by atoms with E-state index in [-0.39, 0.29) is 18.5 Å². The molecule has 0 bridgehead atoms. The quantitative estimate of drug-likeness (QED) is 0.851. The van der Waals surface area contributed by atoms with Gasteiger partial charge in [0.15, 0.2) is 0 Å². The van der Waals surface area contributed by atoms with E-state index in [0.29, 0.717) is 6.54 Å². The lowest BCUT2D eigenvalue weighted by Crippen LogP contribution is -2.29. The van der Waals surface area contributed by atoms with Crippen LogP contribution in [-0.2, 0) is 19.6 Å². The Morgan fingerprint density at radius 2 is 2.25 bits per heavy atom. The van der Waals surface area contributed by atoms with Crippen molar-refractivity contribution >= 4 is 0 Å². The van der Waals surface area contributed by atoms with Crippen molar-refractivity contribution in [3.63, 3.8) is 0 Å². The molecule has 2 aromatic rings. The van der Waals surface area contributed by atoms with Crippen LogP contribution in [0.15, 0.2) is 24.5 Å². The number of fused-ring (bicyclic) bond motifs is 1. The third-order valence-corrected chi connectivity index (χ3v) is 4.18. The molecule has 130 valence electrons. The number of nitrogens with one attached hydrogen (secondary N) is 1. The highest BCUT2D eigenvalue weighted by Gasteiger charge is 2.35. The highest BCUT2D eigenvalue weighted by Crippen LogP contribution is 2.34. The summed E-state index contributed by atoms with van der Waals surface area (Å²) in [5.74, 6) is -0.377. The number of aryl methyl sites for hydroxylation is 1. The third kappa shape index (κ3) is 3.53. The molecular formula is C16H19F3N4O. The van der Waals surface area contributed by atoms with E-state index in [1.165, 1.54) is 18.0 Å². The van der Waals surface area contributed by atoms with Gasteiger partial charge in [0.1, 0.15) is 12.2 Å². The van der Waals surface area contributed by atoms with Gasteiger partial charge in [-0.05, 0) is 31.4 Å². The Labute approximate surface area is 137 Å². The zero-order valence-corrected chi connectivity index (χ0v) is 13.3. The third-order valence-electron chi connectivity index (χ3n) is 4.18. The van der Waals surface area contributed by atoms with Crippen LogP contribution >= 0.6 is 0 Å². The van der Waals surface area contributed by atoms with Crippen molar-refractivity contribution in [2.45, 2.75) is 31.5 Å². The second-order valence-electron chi connectivity index (χ2n) is 5.77. The fourth-order valence-electron chi connectivity index (χ4n) is 3.02. The summed E-state index contributed by atoms with van der Waals surface area (Å²) < 4.78 is 45.7. The van der Waals surface area contributed by atoms with Gasteiger partial charge in [0.25, 0.3) is 0 Å². The van der Waals surface area contributed by atoms with Crippen molar-refractivity contribution in [1.82, 2.24) is 20.1 Å². The Bertz CT molecular complexity index is 699. The van der Waals surface area contributed by atoms with E-state index in [0.717, 1.165) is 30.9 Å². The zero-order chi connectivity index (χ0) is 17.2. The lowest BCUT2D eigenvalue weighted by molar-refractivity contribution is -0.139. The minimum Gasteiger partial charge on any atom is -0.476 e. The molecule has 0 radical (unpaired) electrons. The maximum absolute atomic E-state index is 12.9. The summed E-state index contributed by atoms with van der Waals surface area (Å²) in [5.41, 5.74) is 1.53. The standard InChI is InChI=1S/C16H19F3N4O/c1-23-14-6-2-5-13(11(14)10-22-23)20-8-9-24-15-12(16(17,18)19)4-3-7-21-15/h3-4,7,10,13,20H,2,5-6,8-9H2,1H3/t13-/m0/s1. The second-order valence-corrected chi connectivity index (χ2v) is 5.77. The summed E-state index contributed by atoms with van der Waals surface area (Å²) in [5, 5.41) is 7.61. The van der Waals surface area contributed by atoms with Crippen molar-refractivity contribution < 1.29 is 17.9 Å². The Hall–Kier alpha value is -2.09. The van der Waals surface area contributed by atoms with E-state index in [9.17, 15) is 13.2 Å². The number of halogens is 3. The molecule has 1 aliphatic carbocycles. The molecule has 24 heavy (non-hydrogen) atoms. The average Bonchev–Trinajstić information content (AvgIpc) is 2.93. The summed E-state index contributed by atoms with van der Waals surface area (Å²) >= 11 is 0. The van der Waals surface area contributed by atoms with Crippen LogP contribution in [0.3, 0.4) is 0 Å². The van der Waals surface area contributed by atoms with Crippen molar-refractivity contribution in [2.24, 2.45) is 7.05 Å². The van der Waals surface area contributed by atoms with Crippen LogP contribution in [0.1, 0.15) is 35.7 Å². The van der Waals surface area contributed by atoms with Crippen LogP contribution in [0.4, 0.5) is 13.2 Å². The van der Waals surface area contributed by atoms with Crippen LogP contribution in [-0.4, -0.2) is 27.9 Å². The molecule has 5 nitrogen and oxygen atoms in total. The van der Waals surface area contributed by atoms with Crippen LogP contribution in [0.2, 0.25) is 0 Å². The number of pyridine rings is 1. The predicted octanol–water partition coefficient (Wildman–Crippen LogP) is 2.88. The highest BCUT2D eigenvalue weighted by molar-refractivity contribution is 5.28. The van der Waals surface area contributed by atoms with Gasteiger partial charge in [0.05, 0.1) is 6.20 Å². The average molecular weight is 340 g/mol. The minimum absolute atomic E-state index is 0.117. The SMILES string of the molecule is Cn1ncc2c1CCC[C@@H]2NCCOc1ncccc1C(F)(F)F. The number of alkyl halides is 3. The molecule has 0 amide bonds. The predicted molar refractivity (Wildman–Crippen MR) is 81.6 cm³/mol. The van der Waals surface area contributed by atoms with Gasteiger partial charge in [-0.3, -0.25) is 4.68 Å². The van der Waals surface area contributed by atoms with Crippen LogP contribution in [0, 0.1) is 0 Å². The summed E-state index contributed by atoms with van der Waals surface area (Å²) in [6.07, 6.45) is 1.72. The molecule has 2 aromatic heterocycles. The monoisotopic (exact) mass is 340 g/mol.